The quantitative estimate of drug-likeness (QED) is 0.728. The summed E-state index contributed by atoms with van der Waals surface area (Å²) in [7, 11) is 2.20. The Bertz CT molecular complexity index is 228. The Labute approximate surface area is 98.7 Å². The van der Waals surface area contributed by atoms with Crippen molar-refractivity contribution in [3.8, 4) is 0 Å². The molecule has 16 heavy (non-hydrogen) atoms. The van der Waals surface area contributed by atoms with Crippen LogP contribution >= 0.6 is 0 Å². The first-order valence-electron chi connectivity index (χ1n) is 6.41. The van der Waals surface area contributed by atoms with Crippen molar-refractivity contribution in [2.75, 3.05) is 46.4 Å². The Morgan fingerprint density at radius 3 is 2.81 bits per heavy atom. The molecule has 0 spiro atoms. The van der Waals surface area contributed by atoms with E-state index in [4.69, 9.17) is 10.5 Å². The van der Waals surface area contributed by atoms with E-state index in [1.54, 1.807) is 0 Å². The summed E-state index contributed by atoms with van der Waals surface area (Å²) in [5.74, 6) is 0. The van der Waals surface area contributed by atoms with Gasteiger partial charge in [-0.1, -0.05) is 0 Å². The van der Waals surface area contributed by atoms with Gasteiger partial charge in [0, 0.05) is 38.8 Å². The highest BCUT2D eigenvalue weighted by Gasteiger charge is 2.39. The van der Waals surface area contributed by atoms with Crippen LogP contribution in [0.5, 0.6) is 0 Å². The highest BCUT2D eigenvalue weighted by atomic mass is 16.5. The molecule has 0 radical (unpaired) electrons. The maximum Gasteiger partial charge on any atom is 0.0662 e. The lowest BCUT2D eigenvalue weighted by Gasteiger charge is -2.50. The molecule has 4 heteroatoms. The molecular formula is C12H25N3O. The smallest absolute Gasteiger partial charge is 0.0662 e. The monoisotopic (exact) mass is 227 g/mol. The molecule has 4 nitrogen and oxygen atoms in total. The van der Waals surface area contributed by atoms with E-state index < -0.39 is 0 Å². The van der Waals surface area contributed by atoms with Crippen LogP contribution in [-0.4, -0.2) is 67.8 Å². The molecule has 2 N–H and O–H groups in total. The van der Waals surface area contributed by atoms with Crippen molar-refractivity contribution < 1.29 is 4.74 Å². The van der Waals surface area contributed by atoms with Gasteiger partial charge < -0.3 is 15.4 Å². The van der Waals surface area contributed by atoms with Crippen LogP contribution in [0.2, 0.25) is 0 Å². The molecule has 0 aromatic heterocycles. The van der Waals surface area contributed by atoms with Crippen LogP contribution in [0, 0.1) is 0 Å². The van der Waals surface area contributed by atoms with Crippen molar-refractivity contribution >= 4 is 0 Å². The fourth-order valence-corrected chi connectivity index (χ4v) is 2.86. The van der Waals surface area contributed by atoms with Gasteiger partial charge in [0.25, 0.3) is 0 Å². The number of nitrogens with two attached hydrogens (primary N) is 1. The number of hydrogen-bond donors (Lipinski definition) is 1. The SMILES string of the molecule is CC1CN(C2(CN)CCCOC2)CCN1C. The first-order chi connectivity index (χ1) is 7.68. The van der Waals surface area contributed by atoms with E-state index in [-0.39, 0.29) is 5.54 Å². The number of nitrogens with zero attached hydrogens (tertiary/aromatic N) is 2. The highest BCUT2D eigenvalue weighted by Crippen LogP contribution is 2.27. The summed E-state index contributed by atoms with van der Waals surface area (Å²) >= 11 is 0. The first kappa shape index (κ1) is 12.3. The van der Waals surface area contributed by atoms with Gasteiger partial charge in [0.2, 0.25) is 0 Å². The molecule has 0 aromatic rings. The molecule has 2 atom stereocenters. The summed E-state index contributed by atoms with van der Waals surface area (Å²) in [6.45, 7) is 8.13. The Kier molecular flexibility index (Phi) is 3.85. The van der Waals surface area contributed by atoms with Crippen LogP contribution in [0.1, 0.15) is 19.8 Å². The van der Waals surface area contributed by atoms with Gasteiger partial charge in [-0.15, -0.1) is 0 Å². The van der Waals surface area contributed by atoms with E-state index in [0.717, 1.165) is 45.8 Å². The van der Waals surface area contributed by atoms with Crippen LogP contribution in [0.3, 0.4) is 0 Å². The van der Waals surface area contributed by atoms with E-state index in [0.29, 0.717) is 6.04 Å². The molecule has 2 fully saturated rings. The van der Waals surface area contributed by atoms with Gasteiger partial charge in [0.15, 0.2) is 0 Å². The average Bonchev–Trinajstić information content (AvgIpc) is 2.33. The van der Waals surface area contributed by atoms with Crippen LogP contribution in [-0.2, 0) is 4.74 Å². The van der Waals surface area contributed by atoms with Crippen LogP contribution in [0.25, 0.3) is 0 Å². The second-order valence-corrected chi connectivity index (χ2v) is 5.36. The fraction of sp³-hybridized carbons (Fsp3) is 1.00. The second kappa shape index (κ2) is 5.00. The number of likely N-dealkylation sites (N-methyl/N-ethyl adjacent to an activating group) is 1. The van der Waals surface area contributed by atoms with Gasteiger partial charge in [0.05, 0.1) is 12.1 Å². The molecule has 2 unspecified atom stereocenters. The van der Waals surface area contributed by atoms with Crippen LogP contribution in [0.4, 0.5) is 0 Å². The summed E-state index contributed by atoms with van der Waals surface area (Å²) in [6.07, 6.45) is 2.35. The van der Waals surface area contributed by atoms with Crippen molar-refractivity contribution in [1.82, 2.24) is 9.80 Å². The van der Waals surface area contributed by atoms with Gasteiger partial charge in [-0.3, -0.25) is 4.90 Å². The molecule has 2 aliphatic heterocycles. The molecule has 0 bridgehead atoms. The zero-order valence-corrected chi connectivity index (χ0v) is 10.6. The average molecular weight is 227 g/mol. The predicted octanol–water partition coefficient (Wildman–Crippen LogP) is 0.130. The number of ether oxygens (including phenoxy) is 1. The molecule has 0 saturated carbocycles. The van der Waals surface area contributed by atoms with Gasteiger partial charge >= 0.3 is 0 Å². The van der Waals surface area contributed by atoms with E-state index in [9.17, 15) is 0 Å². The lowest BCUT2D eigenvalue weighted by Crippen LogP contribution is -2.64. The lowest BCUT2D eigenvalue weighted by atomic mass is 9.89. The predicted molar refractivity (Wildman–Crippen MR) is 65.5 cm³/mol. The van der Waals surface area contributed by atoms with Gasteiger partial charge in [0.1, 0.15) is 0 Å². The Morgan fingerprint density at radius 1 is 1.44 bits per heavy atom. The minimum absolute atomic E-state index is 0.119. The van der Waals surface area contributed by atoms with Crippen molar-refractivity contribution in [3.05, 3.63) is 0 Å². The standard InChI is InChI=1S/C12H25N3O/c1-11-8-15(6-5-14(11)2)12(9-13)4-3-7-16-10-12/h11H,3-10,13H2,1-2H3. The molecule has 0 aromatic carbocycles. The summed E-state index contributed by atoms with van der Waals surface area (Å²) < 4.78 is 5.66. The minimum Gasteiger partial charge on any atom is -0.379 e. The summed E-state index contributed by atoms with van der Waals surface area (Å²) in [4.78, 5) is 4.99. The number of hydrogen-bond acceptors (Lipinski definition) is 4. The lowest BCUT2D eigenvalue weighted by molar-refractivity contribution is -0.0680. The zero-order valence-electron chi connectivity index (χ0n) is 10.6. The normalized spacial score (nSPS) is 38.8. The molecule has 0 amide bonds. The molecule has 2 heterocycles. The van der Waals surface area contributed by atoms with Gasteiger partial charge in [-0.2, -0.15) is 0 Å². The molecule has 2 rings (SSSR count). The molecule has 94 valence electrons. The maximum atomic E-state index is 6.01. The summed E-state index contributed by atoms with van der Waals surface area (Å²) in [5, 5.41) is 0. The van der Waals surface area contributed by atoms with Gasteiger partial charge in [-0.05, 0) is 26.8 Å². The van der Waals surface area contributed by atoms with E-state index in [1.807, 2.05) is 0 Å². The third-order valence-corrected chi connectivity index (χ3v) is 4.31. The second-order valence-electron chi connectivity index (χ2n) is 5.36. The third kappa shape index (κ3) is 2.25. The van der Waals surface area contributed by atoms with Crippen LogP contribution in [0.15, 0.2) is 0 Å². The molecule has 2 aliphatic rings. The van der Waals surface area contributed by atoms with Crippen molar-refractivity contribution in [3.63, 3.8) is 0 Å². The van der Waals surface area contributed by atoms with Gasteiger partial charge in [-0.25, -0.2) is 0 Å². The Balaban J connectivity index is 2.03. The maximum absolute atomic E-state index is 6.01. The zero-order chi connectivity index (χ0) is 11.6. The topological polar surface area (TPSA) is 41.7 Å². The first-order valence-corrected chi connectivity index (χ1v) is 6.41. The molecular weight excluding hydrogens is 202 g/mol. The largest absolute Gasteiger partial charge is 0.379 e. The highest BCUT2D eigenvalue weighted by molar-refractivity contribution is 4.96. The van der Waals surface area contributed by atoms with E-state index in [1.165, 1.54) is 6.42 Å². The third-order valence-electron chi connectivity index (χ3n) is 4.31. The van der Waals surface area contributed by atoms with E-state index >= 15 is 0 Å². The van der Waals surface area contributed by atoms with Crippen molar-refractivity contribution in [1.29, 1.82) is 0 Å². The minimum atomic E-state index is 0.119. The van der Waals surface area contributed by atoms with E-state index in [2.05, 4.69) is 23.8 Å². The Hall–Kier alpha value is -0.160. The molecule has 0 aliphatic carbocycles. The van der Waals surface area contributed by atoms with Crippen molar-refractivity contribution in [2.45, 2.75) is 31.3 Å². The fourth-order valence-electron chi connectivity index (χ4n) is 2.86. The Morgan fingerprint density at radius 2 is 2.25 bits per heavy atom. The summed E-state index contributed by atoms with van der Waals surface area (Å²) in [6, 6.07) is 0.624. The number of rotatable bonds is 2. The number of piperazine rings is 1. The van der Waals surface area contributed by atoms with Crippen molar-refractivity contribution in [2.24, 2.45) is 5.73 Å². The molecule has 2 saturated heterocycles. The van der Waals surface area contributed by atoms with Crippen LogP contribution < -0.4 is 5.73 Å². The summed E-state index contributed by atoms with van der Waals surface area (Å²) in [5.41, 5.74) is 6.13.